The van der Waals surface area contributed by atoms with Gasteiger partial charge in [0.1, 0.15) is 17.2 Å². The summed E-state index contributed by atoms with van der Waals surface area (Å²) in [6, 6.07) is 3.74. The maximum Gasteiger partial charge on any atom is 0.278 e. The Hall–Kier alpha value is -2.64. The lowest BCUT2D eigenvalue weighted by Crippen LogP contribution is -2.40. The summed E-state index contributed by atoms with van der Waals surface area (Å²) in [4.78, 5) is 26.3. The largest absolute Gasteiger partial charge is 0.465 e. The molecule has 1 aliphatic rings. The third-order valence-corrected chi connectivity index (χ3v) is 4.70. The fourth-order valence-electron chi connectivity index (χ4n) is 3.25. The van der Waals surface area contributed by atoms with Crippen molar-refractivity contribution in [2.24, 2.45) is 5.92 Å². The average molecular weight is 360 g/mol. The van der Waals surface area contributed by atoms with Crippen LogP contribution in [-0.4, -0.2) is 40.1 Å². The van der Waals surface area contributed by atoms with Gasteiger partial charge in [-0.2, -0.15) is 0 Å². The number of rotatable bonds is 6. The Morgan fingerprint density at radius 3 is 2.85 bits per heavy atom. The van der Waals surface area contributed by atoms with Crippen molar-refractivity contribution < 1.29 is 18.6 Å². The van der Waals surface area contributed by atoms with Gasteiger partial charge in [0.25, 0.3) is 5.91 Å². The summed E-state index contributed by atoms with van der Waals surface area (Å²) < 4.78 is 10.1. The summed E-state index contributed by atoms with van der Waals surface area (Å²) in [6.45, 7) is 5.32. The fraction of sp³-hybridized carbons (Fsp3) is 0.556. The van der Waals surface area contributed by atoms with E-state index in [1.807, 2.05) is 19.1 Å². The molecule has 8 heteroatoms. The molecule has 2 amide bonds. The van der Waals surface area contributed by atoms with Gasteiger partial charge in [0.15, 0.2) is 5.69 Å². The van der Waals surface area contributed by atoms with E-state index in [-0.39, 0.29) is 17.5 Å². The summed E-state index contributed by atoms with van der Waals surface area (Å²) in [5, 5.41) is 10.2. The highest BCUT2D eigenvalue weighted by molar-refractivity contribution is 5.93. The van der Waals surface area contributed by atoms with E-state index in [9.17, 15) is 9.59 Å². The number of piperidine rings is 1. The Morgan fingerprint density at radius 1 is 1.31 bits per heavy atom. The van der Waals surface area contributed by atoms with Crippen molar-refractivity contribution in [3.8, 4) is 0 Å². The van der Waals surface area contributed by atoms with Crippen molar-refractivity contribution in [3.63, 3.8) is 0 Å². The molecule has 26 heavy (non-hydrogen) atoms. The van der Waals surface area contributed by atoms with Crippen molar-refractivity contribution in [1.29, 1.82) is 0 Å². The third kappa shape index (κ3) is 4.50. The summed E-state index contributed by atoms with van der Waals surface area (Å²) in [5.41, 5.74) is 0.779. The number of nitrogens with zero attached hydrogens (tertiary/aromatic N) is 3. The SMILES string of the molecule is Cc1ccc(CNC(=O)CCC2CCCN(C(=O)c3nonc3C)C2)o1. The quantitative estimate of drug-likeness (QED) is 0.847. The van der Waals surface area contributed by atoms with Gasteiger partial charge in [-0.1, -0.05) is 5.16 Å². The Balaban J connectivity index is 1.44. The van der Waals surface area contributed by atoms with Gasteiger partial charge in [-0.15, -0.1) is 0 Å². The van der Waals surface area contributed by atoms with E-state index in [1.54, 1.807) is 11.8 Å². The number of likely N-dealkylation sites (tertiary alicyclic amines) is 1. The van der Waals surface area contributed by atoms with E-state index in [1.165, 1.54) is 0 Å². The molecule has 0 saturated carbocycles. The van der Waals surface area contributed by atoms with Crippen LogP contribution in [0, 0.1) is 19.8 Å². The molecule has 1 atom stereocenters. The number of aryl methyl sites for hydroxylation is 2. The number of carbonyl (C=O) groups is 2. The Bertz CT molecular complexity index is 767. The normalized spacial score (nSPS) is 17.3. The van der Waals surface area contributed by atoms with Gasteiger partial charge in [-0.25, -0.2) is 4.63 Å². The molecule has 3 heterocycles. The highest BCUT2D eigenvalue weighted by Crippen LogP contribution is 2.22. The van der Waals surface area contributed by atoms with Gasteiger partial charge in [-0.05, 0) is 56.3 Å². The number of amides is 2. The van der Waals surface area contributed by atoms with Crippen LogP contribution in [0.1, 0.15) is 53.4 Å². The molecule has 0 bridgehead atoms. The molecule has 2 aromatic heterocycles. The maximum atomic E-state index is 12.5. The molecule has 140 valence electrons. The second kappa shape index (κ2) is 8.16. The van der Waals surface area contributed by atoms with Crippen LogP contribution in [0.5, 0.6) is 0 Å². The Labute approximate surface area is 151 Å². The van der Waals surface area contributed by atoms with Crippen LogP contribution in [0.3, 0.4) is 0 Å². The van der Waals surface area contributed by atoms with Crippen molar-refractivity contribution in [1.82, 2.24) is 20.5 Å². The van der Waals surface area contributed by atoms with Crippen LogP contribution >= 0.6 is 0 Å². The lowest BCUT2D eigenvalue weighted by atomic mass is 9.93. The lowest BCUT2D eigenvalue weighted by molar-refractivity contribution is -0.121. The molecule has 0 radical (unpaired) electrons. The van der Waals surface area contributed by atoms with E-state index in [0.717, 1.165) is 30.8 Å². The highest BCUT2D eigenvalue weighted by Gasteiger charge is 2.27. The van der Waals surface area contributed by atoms with Crippen LogP contribution in [0.15, 0.2) is 21.2 Å². The van der Waals surface area contributed by atoms with Crippen LogP contribution in [0.25, 0.3) is 0 Å². The topological polar surface area (TPSA) is 101 Å². The minimum atomic E-state index is -0.147. The minimum absolute atomic E-state index is 0.000881. The van der Waals surface area contributed by atoms with Crippen molar-refractivity contribution in [2.45, 2.75) is 46.1 Å². The zero-order valence-corrected chi connectivity index (χ0v) is 15.2. The van der Waals surface area contributed by atoms with Crippen LogP contribution < -0.4 is 5.32 Å². The van der Waals surface area contributed by atoms with Crippen molar-refractivity contribution in [3.05, 3.63) is 35.0 Å². The predicted octanol–water partition coefficient (Wildman–Crippen LogP) is 2.23. The Kier molecular flexibility index (Phi) is 5.70. The van der Waals surface area contributed by atoms with E-state index in [0.29, 0.717) is 37.7 Å². The van der Waals surface area contributed by atoms with Gasteiger partial charge >= 0.3 is 0 Å². The summed E-state index contributed by atoms with van der Waals surface area (Å²) in [6.07, 6.45) is 3.14. The summed E-state index contributed by atoms with van der Waals surface area (Å²) in [5.74, 6) is 1.75. The van der Waals surface area contributed by atoms with Gasteiger partial charge in [0.05, 0.1) is 6.54 Å². The maximum absolute atomic E-state index is 12.5. The molecule has 1 fully saturated rings. The monoisotopic (exact) mass is 360 g/mol. The molecule has 0 spiro atoms. The zero-order valence-electron chi connectivity index (χ0n) is 15.2. The van der Waals surface area contributed by atoms with Crippen LogP contribution in [0.4, 0.5) is 0 Å². The number of hydrogen-bond donors (Lipinski definition) is 1. The standard InChI is InChI=1S/C18H24N4O4/c1-12-5-7-15(25-12)10-19-16(23)8-6-14-4-3-9-22(11-14)18(24)17-13(2)20-26-21-17/h5,7,14H,3-4,6,8-11H2,1-2H3,(H,19,23). The summed E-state index contributed by atoms with van der Waals surface area (Å²) >= 11 is 0. The molecule has 3 rings (SSSR count). The Morgan fingerprint density at radius 2 is 2.15 bits per heavy atom. The first kappa shape index (κ1) is 18.2. The van der Waals surface area contributed by atoms with E-state index >= 15 is 0 Å². The lowest BCUT2D eigenvalue weighted by Gasteiger charge is -2.32. The summed E-state index contributed by atoms with van der Waals surface area (Å²) in [7, 11) is 0. The molecule has 8 nitrogen and oxygen atoms in total. The molecule has 1 aliphatic heterocycles. The number of furan rings is 1. The highest BCUT2D eigenvalue weighted by atomic mass is 16.6. The van der Waals surface area contributed by atoms with Crippen molar-refractivity contribution in [2.75, 3.05) is 13.1 Å². The zero-order chi connectivity index (χ0) is 18.5. The second-order valence-electron chi connectivity index (χ2n) is 6.79. The first-order valence-electron chi connectivity index (χ1n) is 8.93. The molecule has 1 saturated heterocycles. The first-order chi connectivity index (χ1) is 12.5. The van der Waals surface area contributed by atoms with Gasteiger partial charge in [-0.3, -0.25) is 9.59 Å². The van der Waals surface area contributed by atoms with Crippen LogP contribution in [-0.2, 0) is 11.3 Å². The fourth-order valence-corrected chi connectivity index (χ4v) is 3.25. The molecular formula is C18H24N4O4. The van der Waals surface area contributed by atoms with E-state index in [2.05, 4.69) is 20.3 Å². The van der Waals surface area contributed by atoms with Gasteiger partial charge in [0.2, 0.25) is 5.91 Å². The molecule has 0 aliphatic carbocycles. The minimum Gasteiger partial charge on any atom is -0.465 e. The van der Waals surface area contributed by atoms with Crippen LogP contribution in [0.2, 0.25) is 0 Å². The molecular weight excluding hydrogens is 336 g/mol. The van der Waals surface area contributed by atoms with Gasteiger partial charge < -0.3 is 14.6 Å². The number of aromatic nitrogens is 2. The number of nitrogens with one attached hydrogen (secondary N) is 1. The number of hydrogen-bond acceptors (Lipinski definition) is 6. The van der Waals surface area contributed by atoms with Gasteiger partial charge in [0, 0.05) is 19.5 Å². The molecule has 2 aromatic rings. The average Bonchev–Trinajstić information content (AvgIpc) is 3.26. The first-order valence-corrected chi connectivity index (χ1v) is 8.93. The van der Waals surface area contributed by atoms with E-state index in [4.69, 9.17) is 4.42 Å². The molecule has 0 aromatic carbocycles. The van der Waals surface area contributed by atoms with E-state index < -0.39 is 0 Å². The van der Waals surface area contributed by atoms with Crippen molar-refractivity contribution >= 4 is 11.8 Å². The smallest absolute Gasteiger partial charge is 0.278 e. The third-order valence-electron chi connectivity index (χ3n) is 4.70. The molecule has 1 N–H and O–H groups in total. The molecule has 1 unspecified atom stereocenters. The second-order valence-corrected chi connectivity index (χ2v) is 6.79. The predicted molar refractivity (Wildman–Crippen MR) is 92.2 cm³/mol. The number of carbonyl (C=O) groups excluding carboxylic acids is 2.